The van der Waals surface area contributed by atoms with Gasteiger partial charge in [-0.05, 0) is 157 Å². The summed E-state index contributed by atoms with van der Waals surface area (Å²) in [5.74, 6) is -1.30. The molecule has 2 aromatic rings. The maximum Gasteiger partial charge on any atom is 0.337 e. The van der Waals surface area contributed by atoms with Crippen molar-refractivity contribution in [3.05, 3.63) is 87.3 Å². The Hall–Kier alpha value is -4.38. The van der Waals surface area contributed by atoms with E-state index in [1.807, 2.05) is 32.1 Å². The monoisotopic (exact) mass is 869 g/mol. The first kappa shape index (κ1) is 46.2. The van der Waals surface area contributed by atoms with Crippen molar-refractivity contribution in [1.29, 1.82) is 5.26 Å². The van der Waals surface area contributed by atoms with Crippen LogP contribution in [-0.4, -0.2) is 40.7 Å². The standard InChI is InChI=1S/C32H43NO4.C24H29NO2/c1-27(2)11-13-32(26(36)37-8)14-12-31(7)24(20(32)17-27)21(34)15-23-29(5)16-19(18-33)25(35)28(3,4)22(29)9-10-30(23,31)6;1-15-12-18-19(23(4,5)9-8-22(18,2)3)13-17(15)24(10-11-24)20-7-6-16(14-25-20)21(26)27/h15-16,20,22,24H,9-14,17H2,1-8H3;6-7,12-14H,8-11H2,1-5H3,(H,26,27)/t20-,22-,24-,29-,30+,31+,32-;/m0./s1. The Morgan fingerprint density at radius 1 is 0.812 bits per heavy atom. The molecule has 7 aliphatic carbocycles. The minimum atomic E-state index is -0.923. The molecule has 4 fully saturated rings. The molecule has 8 nitrogen and oxygen atoms in total. The molecular weight excluding hydrogens is 797 g/mol. The van der Waals surface area contributed by atoms with Gasteiger partial charge in [0.25, 0.3) is 0 Å². The third-order valence-electron chi connectivity index (χ3n) is 19.4. The summed E-state index contributed by atoms with van der Waals surface area (Å²) in [6.45, 7) is 26.9. The first-order chi connectivity index (χ1) is 29.6. The summed E-state index contributed by atoms with van der Waals surface area (Å²) in [6.07, 6.45) is 15.7. The number of carbonyl (C=O) groups is 4. The van der Waals surface area contributed by atoms with Crippen molar-refractivity contribution in [3.63, 3.8) is 0 Å². The molecule has 342 valence electrons. The highest BCUT2D eigenvalue weighted by molar-refractivity contribution is 6.04. The van der Waals surface area contributed by atoms with Gasteiger partial charge in [0.15, 0.2) is 11.6 Å². The highest BCUT2D eigenvalue weighted by atomic mass is 16.5. The van der Waals surface area contributed by atoms with Crippen LogP contribution in [0.1, 0.15) is 185 Å². The Kier molecular flexibility index (Phi) is 10.5. The van der Waals surface area contributed by atoms with Crippen LogP contribution in [0, 0.1) is 68.5 Å². The molecule has 7 atom stereocenters. The molecule has 0 amide bonds. The van der Waals surface area contributed by atoms with Crippen LogP contribution in [0.3, 0.4) is 0 Å². The maximum atomic E-state index is 14.4. The zero-order chi connectivity index (χ0) is 47.0. The van der Waals surface area contributed by atoms with E-state index in [1.54, 1.807) is 6.07 Å². The first-order valence-corrected chi connectivity index (χ1v) is 24.0. The minimum absolute atomic E-state index is 0.0308. The predicted molar refractivity (Wildman–Crippen MR) is 249 cm³/mol. The number of benzene rings is 1. The molecule has 64 heavy (non-hydrogen) atoms. The molecule has 1 N–H and O–H groups in total. The molecule has 1 aromatic heterocycles. The van der Waals surface area contributed by atoms with E-state index in [0.717, 1.165) is 69.1 Å². The molecule has 0 unspecified atom stereocenters. The number of methoxy groups -OCH3 is 1. The number of fused-ring (bicyclic) bond motifs is 8. The zero-order valence-electron chi connectivity index (χ0n) is 40.9. The van der Waals surface area contributed by atoms with E-state index >= 15 is 0 Å². The molecule has 7 aliphatic rings. The van der Waals surface area contributed by atoms with Crippen LogP contribution >= 0.6 is 0 Å². The Balaban J connectivity index is 0.000000184. The van der Waals surface area contributed by atoms with Crippen LogP contribution in [0.5, 0.6) is 0 Å². The number of ether oxygens (including phenoxy) is 1. The quantitative estimate of drug-likeness (QED) is 0.300. The fourth-order valence-corrected chi connectivity index (χ4v) is 15.0. The lowest BCUT2D eigenvalue weighted by atomic mass is 9.34. The number of esters is 1. The van der Waals surface area contributed by atoms with Gasteiger partial charge in [-0.3, -0.25) is 19.4 Å². The number of ketones is 2. The smallest absolute Gasteiger partial charge is 0.337 e. The van der Waals surface area contributed by atoms with Crippen molar-refractivity contribution in [2.75, 3.05) is 7.11 Å². The number of nitrogens with zero attached hydrogens (tertiary/aromatic N) is 2. The highest BCUT2D eigenvalue weighted by Crippen LogP contribution is 2.74. The maximum absolute atomic E-state index is 14.4. The lowest BCUT2D eigenvalue weighted by molar-refractivity contribution is -0.191. The van der Waals surface area contributed by atoms with Crippen LogP contribution in [0.2, 0.25) is 0 Å². The number of hydrogen-bond donors (Lipinski definition) is 1. The summed E-state index contributed by atoms with van der Waals surface area (Å²) in [5, 5.41) is 19.0. The lowest BCUT2D eigenvalue weighted by Crippen LogP contribution is -2.65. The van der Waals surface area contributed by atoms with Gasteiger partial charge < -0.3 is 9.84 Å². The third kappa shape index (κ3) is 6.50. The number of rotatable bonds is 4. The molecule has 4 saturated carbocycles. The fourth-order valence-electron chi connectivity index (χ4n) is 15.0. The zero-order valence-corrected chi connectivity index (χ0v) is 40.9. The van der Waals surface area contributed by atoms with Gasteiger partial charge in [0.2, 0.25) is 0 Å². The minimum Gasteiger partial charge on any atom is -0.478 e. The summed E-state index contributed by atoms with van der Waals surface area (Å²) in [4.78, 5) is 56.6. The normalized spacial score (nSPS) is 35.4. The van der Waals surface area contributed by atoms with E-state index in [0.29, 0.717) is 0 Å². The molecule has 1 aromatic carbocycles. The molecule has 0 saturated heterocycles. The lowest BCUT2D eigenvalue weighted by Gasteiger charge is -2.68. The molecule has 0 aliphatic heterocycles. The number of pyridine rings is 1. The second-order valence-electron chi connectivity index (χ2n) is 24.7. The second-order valence-corrected chi connectivity index (χ2v) is 24.7. The molecule has 0 bridgehead atoms. The van der Waals surface area contributed by atoms with Crippen molar-refractivity contribution < 1.29 is 29.0 Å². The SMILES string of the molecule is COC(=O)[C@]12CCC(C)(C)C[C@H]1[C@H]1C(=O)C=C3[C@@]4(C)C=C(C#N)C(=O)C(C)(C)[C@@H]4CC[C@@]3(C)[C@]1(C)CC2.Cc1cc2c(cc1C1(c3ccc(C(=O)O)cn3)CC1)C(C)(C)CCC2(C)C. The number of carboxylic acid groups (broad SMARTS) is 1. The fraction of sp³-hybridized carbons (Fsp3) is 0.643. The summed E-state index contributed by atoms with van der Waals surface area (Å²) in [5.41, 5.74) is 6.27. The Morgan fingerprint density at radius 2 is 1.44 bits per heavy atom. The van der Waals surface area contributed by atoms with Crippen molar-refractivity contribution in [1.82, 2.24) is 4.98 Å². The van der Waals surface area contributed by atoms with Gasteiger partial charge in [-0.25, -0.2) is 4.79 Å². The topological polar surface area (TPSA) is 134 Å². The van der Waals surface area contributed by atoms with E-state index in [1.165, 1.54) is 48.4 Å². The van der Waals surface area contributed by atoms with Gasteiger partial charge in [0, 0.05) is 28.4 Å². The molecule has 8 heteroatoms. The van der Waals surface area contributed by atoms with Gasteiger partial charge in [0.05, 0.1) is 29.4 Å². The van der Waals surface area contributed by atoms with Crippen molar-refractivity contribution >= 4 is 23.5 Å². The average Bonchev–Trinajstić information content (AvgIpc) is 4.03. The Labute approximate surface area is 382 Å². The third-order valence-corrected chi connectivity index (χ3v) is 19.4. The predicted octanol–water partition coefficient (Wildman–Crippen LogP) is 11.9. The largest absolute Gasteiger partial charge is 0.478 e. The number of hydrogen-bond acceptors (Lipinski definition) is 7. The van der Waals surface area contributed by atoms with Gasteiger partial charge in [0.1, 0.15) is 6.07 Å². The molecular formula is C56H72N2O6. The van der Waals surface area contributed by atoms with Crippen LogP contribution in [-0.2, 0) is 35.4 Å². The summed E-state index contributed by atoms with van der Waals surface area (Å²) >= 11 is 0. The highest BCUT2D eigenvalue weighted by Gasteiger charge is 2.71. The van der Waals surface area contributed by atoms with E-state index in [9.17, 15) is 24.4 Å². The number of aromatic nitrogens is 1. The van der Waals surface area contributed by atoms with Gasteiger partial charge in [-0.1, -0.05) is 99.9 Å². The van der Waals surface area contributed by atoms with Crippen LogP contribution in [0.4, 0.5) is 0 Å². The van der Waals surface area contributed by atoms with Gasteiger partial charge in [-0.2, -0.15) is 5.26 Å². The number of aryl methyl sites for hydroxylation is 1. The Bertz CT molecular complexity index is 2460. The van der Waals surface area contributed by atoms with Crippen LogP contribution in [0.15, 0.2) is 53.8 Å². The number of Topliss-reactive ketones (excluding diaryl/α,β-unsaturated/α-hetero) is 1. The Morgan fingerprint density at radius 3 is 2.00 bits per heavy atom. The average molecular weight is 869 g/mol. The molecule has 0 radical (unpaired) electrons. The molecule has 9 rings (SSSR count). The van der Waals surface area contributed by atoms with Crippen molar-refractivity contribution in [2.24, 2.45) is 50.2 Å². The van der Waals surface area contributed by atoms with Crippen LogP contribution in [0.25, 0.3) is 0 Å². The number of aromatic carboxylic acids is 1. The van der Waals surface area contributed by atoms with E-state index in [2.05, 4.69) is 92.4 Å². The number of nitriles is 1. The van der Waals surface area contributed by atoms with Gasteiger partial charge in [-0.15, -0.1) is 0 Å². The van der Waals surface area contributed by atoms with E-state index < -0.39 is 22.2 Å². The van der Waals surface area contributed by atoms with Crippen molar-refractivity contribution in [3.8, 4) is 6.07 Å². The summed E-state index contributed by atoms with van der Waals surface area (Å²) < 4.78 is 5.41. The number of allylic oxidation sites excluding steroid dienone is 4. The first-order valence-electron chi connectivity index (χ1n) is 24.0. The summed E-state index contributed by atoms with van der Waals surface area (Å²) in [7, 11) is 1.48. The molecule has 1 heterocycles. The number of carbonyl (C=O) groups excluding carboxylic acids is 3. The molecule has 0 spiro atoms. The number of carboxylic acids is 1. The summed E-state index contributed by atoms with van der Waals surface area (Å²) in [6, 6.07) is 10.6. The van der Waals surface area contributed by atoms with Crippen molar-refractivity contribution in [2.45, 2.75) is 170 Å². The van der Waals surface area contributed by atoms with Crippen LogP contribution < -0.4 is 0 Å². The second kappa shape index (κ2) is 14.6. The van der Waals surface area contributed by atoms with E-state index in [-0.39, 0.29) is 78.9 Å². The van der Waals surface area contributed by atoms with Gasteiger partial charge >= 0.3 is 11.9 Å². The van der Waals surface area contributed by atoms with E-state index in [4.69, 9.17) is 9.84 Å².